The molecule has 1 aliphatic rings. The Morgan fingerprint density at radius 3 is 2.03 bits per heavy atom. The van der Waals surface area contributed by atoms with Gasteiger partial charge in [-0.2, -0.15) is 0 Å². The molecule has 0 aromatic heterocycles. The Balaban J connectivity index is 1.67. The van der Waals surface area contributed by atoms with E-state index in [0.717, 1.165) is 29.2 Å². The topological polar surface area (TPSA) is 125 Å². The number of benzene rings is 2. The van der Waals surface area contributed by atoms with Crippen molar-refractivity contribution in [2.75, 3.05) is 6.61 Å². The van der Waals surface area contributed by atoms with Gasteiger partial charge in [0.25, 0.3) is 0 Å². The average Bonchev–Trinajstić information content (AvgIpc) is 3.08. The van der Waals surface area contributed by atoms with Gasteiger partial charge in [-0.25, -0.2) is 18.4 Å². The number of aliphatic hydroxyl groups excluding tert-OH is 1. The predicted octanol–water partition coefficient (Wildman–Crippen LogP) is 2.50. The second kappa shape index (κ2) is 10.4. The average molecular weight is 462 g/mol. The van der Waals surface area contributed by atoms with Gasteiger partial charge in [0.05, 0.1) is 6.10 Å². The highest BCUT2D eigenvalue weighted by molar-refractivity contribution is 5.89. The summed E-state index contributed by atoms with van der Waals surface area (Å²) in [4.78, 5) is 35.8. The molecule has 0 saturated carbocycles. The third kappa shape index (κ3) is 5.64. The number of ether oxygens (including phenoxy) is 1. The van der Waals surface area contributed by atoms with Crippen LogP contribution >= 0.6 is 0 Å². The van der Waals surface area contributed by atoms with Gasteiger partial charge in [0.2, 0.25) is 12.3 Å². The molecule has 1 aliphatic carbocycles. The van der Waals surface area contributed by atoms with E-state index in [1.165, 1.54) is 0 Å². The number of carbonyl (C=O) groups is 3. The first-order chi connectivity index (χ1) is 15.7. The Labute approximate surface area is 188 Å². The number of halogens is 2. The van der Waals surface area contributed by atoms with Crippen LogP contribution in [0.3, 0.4) is 0 Å². The molecule has 3 atom stereocenters. The number of hydrogen-bond acceptors (Lipinski definition) is 5. The van der Waals surface area contributed by atoms with Crippen molar-refractivity contribution in [1.29, 1.82) is 0 Å². The second-order valence-electron chi connectivity index (χ2n) is 7.71. The third-order valence-electron chi connectivity index (χ3n) is 5.41. The lowest BCUT2D eigenvalue weighted by Crippen LogP contribution is -2.55. The van der Waals surface area contributed by atoms with Crippen LogP contribution in [0.5, 0.6) is 0 Å². The van der Waals surface area contributed by atoms with Gasteiger partial charge in [-0.15, -0.1) is 0 Å². The molecular weight excluding hydrogens is 438 g/mol. The van der Waals surface area contributed by atoms with E-state index in [-0.39, 0.29) is 12.5 Å². The molecule has 0 spiro atoms. The van der Waals surface area contributed by atoms with Crippen molar-refractivity contribution in [2.24, 2.45) is 0 Å². The standard InChI is InChI=1S/C23H24F2N2O6/c1-12(28)20(22(30)31)27-21(29)18(10-19(24)25)26-23(32)33-11-17-15-8-4-2-6-13(15)14-7-3-5-9-16(14)17/h2-9,12,17-20,28H,10-11H2,1H3,(H,26,32)(H,27,29)(H,30,31). The Morgan fingerprint density at radius 2 is 1.55 bits per heavy atom. The molecule has 0 saturated heterocycles. The maximum Gasteiger partial charge on any atom is 0.407 e. The summed E-state index contributed by atoms with van der Waals surface area (Å²) in [5.41, 5.74) is 3.93. The Bertz CT molecular complexity index is 984. The van der Waals surface area contributed by atoms with Gasteiger partial charge >= 0.3 is 12.1 Å². The molecule has 10 heteroatoms. The van der Waals surface area contributed by atoms with Crippen molar-refractivity contribution in [3.8, 4) is 11.1 Å². The summed E-state index contributed by atoms with van der Waals surface area (Å²) in [6, 6.07) is 11.8. The van der Waals surface area contributed by atoms with Crippen LogP contribution in [0, 0.1) is 0 Å². The minimum atomic E-state index is -2.95. The molecule has 0 heterocycles. The number of alkyl carbamates (subject to hydrolysis) is 1. The number of carbonyl (C=O) groups excluding carboxylic acids is 2. The van der Waals surface area contributed by atoms with Gasteiger partial charge in [0.1, 0.15) is 12.6 Å². The van der Waals surface area contributed by atoms with Crippen molar-refractivity contribution in [2.45, 2.75) is 43.9 Å². The fraction of sp³-hybridized carbons (Fsp3) is 0.348. The Kier molecular flexibility index (Phi) is 7.59. The largest absolute Gasteiger partial charge is 0.480 e. The number of hydrogen-bond donors (Lipinski definition) is 4. The van der Waals surface area contributed by atoms with Crippen molar-refractivity contribution in [1.82, 2.24) is 10.6 Å². The zero-order valence-electron chi connectivity index (χ0n) is 17.7. The van der Waals surface area contributed by atoms with Gasteiger partial charge in [-0.05, 0) is 29.2 Å². The number of carboxylic acid groups (broad SMARTS) is 1. The molecule has 2 aromatic carbocycles. The Hall–Kier alpha value is -3.53. The minimum absolute atomic E-state index is 0.0890. The van der Waals surface area contributed by atoms with Gasteiger partial charge in [-0.1, -0.05) is 48.5 Å². The molecule has 176 valence electrons. The number of rotatable bonds is 9. The Morgan fingerprint density at radius 1 is 1.00 bits per heavy atom. The van der Waals surface area contributed by atoms with Crippen LogP contribution < -0.4 is 10.6 Å². The molecule has 0 radical (unpaired) electrons. The molecule has 3 rings (SSSR count). The minimum Gasteiger partial charge on any atom is -0.480 e. The third-order valence-corrected chi connectivity index (χ3v) is 5.41. The normalized spacial score (nSPS) is 15.2. The van der Waals surface area contributed by atoms with Gasteiger partial charge in [0.15, 0.2) is 6.04 Å². The molecular formula is C23H24F2N2O6. The fourth-order valence-electron chi connectivity index (χ4n) is 3.83. The van der Waals surface area contributed by atoms with Crippen LogP contribution in [0.1, 0.15) is 30.4 Å². The summed E-state index contributed by atoms with van der Waals surface area (Å²) < 4.78 is 31.2. The smallest absolute Gasteiger partial charge is 0.407 e. The lowest BCUT2D eigenvalue weighted by molar-refractivity contribution is -0.145. The van der Waals surface area contributed by atoms with Gasteiger partial charge < -0.3 is 25.6 Å². The summed E-state index contributed by atoms with van der Waals surface area (Å²) in [7, 11) is 0. The number of alkyl halides is 2. The van der Waals surface area contributed by atoms with Gasteiger partial charge in [0, 0.05) is 12.3 Å². The van der Waals surface area contributed by atoms with Crippen LogP contribution in [0.4, 0.5) is 13.6 Å². The highest BCUT2D eigenvalue weighted by Crippen LogP contribution is 2.44. The molecule has 0 fully saturated rings. The number of fused-ring (bicyclic) bond motifs is 3. The van der Waals surface area contributed by atoms with Crippen LogP contribution in [0.15, 0.2) is 48.5 Å². The predicted molar refractivity (Wildman–Crippen MR) is 114 cm³/mol. The van der Waals surface area contributed by atoms with Crippen molar-refractivity contribution in [3.63, 3.8) is 0 Å². The highest BCUT2D eigenvalue weighted by atomic mass is 19.3. The summed E-state index contributed by atoms with van der Waals surface area (Å²) in [6.45, 7) is 1.04. The zero-order valence-corrected chi connectivity index (χ0v) is 17.7. The summed E-state index contributed by atoms with van der Waals surface area (Å²) >= 11 is 0. The van der Waals surface area contributed by atoms with E-state index < -0.39 is 49.0 Å². The summed E-state index contributed by atoms with van der Waals surface area (Å²) in [5.74, 6) is -2.98. The maximum atomic E-state index is 13.0. The molecule has 0 aliphatic heterocycles. The maximum absolute atomic E-state index is 13.0. The fourth-order valence-corrected chi connectivity index (χ4v) is 3.83. The van der Waals surface area contributed by atoms with Crippen molar-refractivity contribution in [3.05, 3.63) is 59.7 Å². The second-order valence-corrected chi connectivity index (χ2v) is 7.71. The monoisotopic (exact) mass is 462 g/mol. The number of amides is 2. The summed E-state index contributed by atoms with van der Waals surface area (Å²) in [6.07, 6.45) is -6.58. The van der Waals surface area contributed by atoms with E-state index in [1.54, 1.807) is 0 Å². The van der Waals surface area contributed by atoms with E-state index in [1.807, 2.05) is 53.8 Å². The SMILES string of the molecule is CC(O)C(NC(=O)C(CC(F)F)NC(=O)OCC1c2ccccc2-c2ccccc21)C(=O)O. The first-order valence-corrected chi connectivity index (χ1v) is 10.3. The molecule has 2 amide bonds. The first-order valence-electron chi connectivity index (χ1n) is 10.3. The van der Waals surface area contributed by atoms with Crippen molar-refractivity contribution < 1.29 is 38.1 Å². The molecule has 0 bridgehead atoms. The number of carboxylic acids is 1. The van der Waals surface area contributed by atoms with E-state index >= 15 is 0 Å². The van der Waals surface area contributed by atoms with Crippen molar-refractivity contribution >= 4 is 18.0 Å². The van der Waals surface area contributed by atoms with Crippen LogP contribution in [-0.2, 0) is 14.3 Å². The summed E-state index contributed by atoms with van der Waals surface area (Å²) in [5, 5.41) is 22.6. The highest BCUT2D eigenvalue weighted by Gasteiger charge is 2.33. The molecule has 2 aromatic rings. The number of aliphatic hydroxyl groups is 1. The van der Waals surface area contributed by atoms with Crippen LogP contribution in [-0.4, -0.2) is 59.4 Å². The molecule has 3 unspecified atom stereocenters. The van der Waals surface area contributed by atoms with E-state index in [4.69, 9.17) is 9.84 Å². The lowest BCUT2D eigenvalue weighted by Gasteiger charge is -2.23. The van der Waals surface area contributed by atoms with E-state index in [9.17, 15) is 28.3 Å². The lowest BCUT2D eigenvalue weighted by atomic mass is 9.98. The molecule has 33 heavy (non-hydrogen) atoms. The zero-order chi connectivity index (χ0) is 24.1. The van der Waals surface area contributed by atoms with E-state index in [2.05, 4.69) is 5.32 Å². The van der Waals surface area contributed by atoms with Crippen LogP contribution in [0.2, 0.25) is 0 Å². The molecule has 4 N–H and O–H groups in total. The van der Waals surface area contributed by atoms with Crippen LogP contribution in [0.25, 0.3) is 11.1 Å². The first kappa shape index (κ1) is 24.1. The molecule has 8 nitrogen and oxygen atoms in total. The van der Waals surface area contributed by atoms with Gasteiger partial charge in [-0.3, -0.25) is 4.79 Å². The van der Waals surface area contributed by atoms with E-state index in [0.29, 0.717) is 0 Å². The number of aliphatic carboxylic acids is 1. The quantitative estimate of drug-likeness (QED) is 0.454. The number of nitrogens with one attached hydrogen (secondary N) is 2.